The van der Waals surface area contributed by atoms with E-state index in [2.05, 4.69) is 26.2 Å². The fourth-order valence-corrected chi connectivity index (χ4v) is 1.93. The van der Waals surface area contributed by atoms with E-state index in [-0.39, 0.29) is 15.9 Å². The summed E-state index contributed by atoms with van der Waals surface area (Å²) in [5, 5.41) is 10.9. The van der Waals surface area contributed by atoms with Crippen molar-refractivity contribution in [3.05, 3.63) is 57.7 Å². The SMILES string of the molecule is O=C(O)c1ccc(NC(=O)c2c(F)cc(Br)cc2F)nc1. The maximum atomic E-state index is 13.6. The van der Waals surface area contributed by atoms with Gasteiger partial charge in [-0.2, -0.15) is 0 Å². The fourth-order valence-electron chi connectivity index (χ4n) is 1.53. The molecule has 0 atom stereocenters. The minimum Gasteiger partial charge on any atom is -0.478 e. The zero-order chi connectivity index (χ0) is 15.6. The number of anilines is 1. The van der Waals surface area contributed by atoms with E-state index < -0.39 is 29.1 Å². The summed E-state index contributed by atoms with van der Waals surface area (Å²) in [6, 6.07) is 4.34. The summed E-state index contributed by atoms with van der Waals surface area (Å²) in [5.74, 6) is -4.27. The number of carboxylic acid groups (broad SMARTS) is 1. The predicted octanol–water partition coefficient (Wildman–Crippen LogP) is 3.07. The second-order valence-electron chi connectivity index (χ2n) is 3.94. The van der Waals surface area contributed by atoms with E-state index in [9.17, 15) is 18.4 Å². The van der Waals surface area contributed by atoms with Crippen molar-refractivity contribution in [2.45, 2.75) is 0 Å². The van der Waals surface area contributed by atoms with E-state index in [1.807, 2.05) is 0 Å². The molecular weight excluding hydrogens is 350 g/mol. The first-order valence-electron chi connectivity index (χ1n) is 5.53. The highest BCUT2D eigenvalue weighted by Crippen LogP contribution is 2.20. The second-order valence-corrected chi connectivity index (χ2v) is 4.85. The van der Waals surface area contributed by atoms with Gasteiger partial charge in [-0.25, -0.2) is 18.6 Å². The van der Waals surface area contributed by atoms with Crippen LogP contribution in [-0.4, -0.2) is 22.0 Å². The Hall–Kier alpha value is -2.35. The third kappa shape index (κ3) is 3.40. The van der Waals surface area contributed by atoms with Gasteiger partial charge >= 0.3 is 5.97 Å². The number of carboxylic acids is 1. The summed E-state index contributed by atoms with van der Waals surface area (Å²) in [6.45, 7) is 0. The smallest absolute Gasteiger partial charge is 0.337 e. The van der Waals surface area contributed by atoms with Crippen LogP contribution in [0.5, 0.6) is 0 Å². The van der Waals surface area contributed by atoms with Gasteiger partial charge in [-0.15, -0.1) is 0 Å². The number of carbonyl (C=O) groups excluding carboxylic acids is 1. The molecule has 1 heterocycles. The van der Waals surface area contributed by atoms with Crippen molar-refractivity contribution in [2.75, 3.05) is 5.32 Å². The molecule has 1 amide bonds. The van der Waals surface area contributed by atoms with Crippen LogP contribution >= 0.6 is 15.9 Å². The van der Waals surface area contributed by atoms with Crippen molar-refractivity contribution in [1.29, 1.82) is 0 Å². The second kappa shape index (κ2) is 5.96. The molecule has 5 nitrogen and oxygen atoms in total. The van der Waals surface area contributed by atoms with Gasteiger partial charge in [0.1, 0.15) is 23.0 Å². The van der Waals surface area contributed by atoms with Crippen molar-refractivity contribution in [2.24, 2.45) is 0 Å². The average molecular weight is 357 g/mol. The Labute approximate surface area is 125 Å². The highest BCUT2D eigenvalue weighted by Gasteiger charge is 2.19. The van der Waals surface area contributed by atoms with Gasteiger partial charge in [-0.1, -0.05) is 15.9 Å². The number of aromatic nitrogens is 1. The molecule has 0 unspecified atom stereocenters. The van der Waals surface area contributed by atoms with Gasteiger partial charge in [-0.05, 0) is 24.3 Å². The average Bonchev–Trinajstić information content (AvgIpc) is 2.37. The Kier molecular flexibility index (Phi) is 4.27. The van der Waals surface area contributed by atoms with E-state index in [1.165, 1.54) is 12.1 Å². The maximum absolute atomic E-state index is 13.6. The lowest BCUT2D eigenvalue weighted by atomic mass is 10.2. The molecule has 1 aromatic heterocycles. The fraction of sp³-hybridized carbons (Fsp3) is 0. The normalized spacial score (nSPS) is 10.2. The van der Waals surface area contributed by atoms with E-state index in [0.717, 1.165) is 18.3 Å². The van der Waals surface area contributed by atoms with E-state index in [0.29, 0.717) is 0 Å². The zero-order valence-corrected chi connectivity index (χ0v) is 11.8. The van der Waals surface area contributed by atoms with Crippen LogP contribution in [0.2, 0.25) is 0 Å². The first-order valence-corrected chi connectivity index (χ1v) is 6.33. The zero-order valence-electron chi connectivity index (χ0n) is 10.2. The Bertz CT molecular complexity index is 697. The first-order chi connectivity index (χ1) is 9.88. The maximum Gasteiger partial charge on any atom is 0.337 e. The van der Waals surface area contributed by atoms with E-state index >= 15 is 0 Å². The number of rotatable bonds is 3. The lowest BCUT2D eigenvalue weighted by Gasteiger charge is -2.07. The number of benzene rings is 1. The van der Waals surface area contributed by atoms with Crippen molar-refractivity contribution in [1.82, 2.24) is 4.98 Å². The van der Waals surface area contributed by atoms with Crippen LogP contribution in [0, 0.1) is 11.6 Å². The largest absolute Gasteiger partial charge is 0.478 e. The minimum atomic E-state index is -1.18. The van der Waals surface area contributed by atoms with Crippen LogP contribution in [0.3, 0.4) is 0 Å². The summed E-state index contributed by atoms with van der Waals surface area (Å²) in [7, 11) is 0. The third-order valence-electron chi connectivity index (χ3n) is 2.49. The topological polar surface area (TPSA) is 79.3 Å². The van der Waals surface area contributed by atoms with Gasteiger partial charge in [0.05, 0.1) is 5.56 Å². The van der Waals surface area contributed by atoms with Crippen molar-refractivity contribution >= 4 is 33.6 Å². The quantitative estimate of drug-likeness (QED) is 0.885. The number of hydrogen-bond donors (Lipinski definition) is 2. The van der Waals surface area contributed by atoms with Crippen molar-refractivity contribution < 1.29 is 23.5 Å². The van der Waals surface area contributed by atoms with Crippen LogP contribution in [0.25, 0.3) is 0 Å². The minimum absolute atomic E-state index is 0.0216. The molecule has 0 aliphatic carbocycles. The number of carbonyl (C=O) groups is 2. The number of amides is 1. The summed E-state index contributed by atoms with van der Waals surface area (Å²) < 4.78 is 27.4. The Morgan fingerprint density at radius 3 is 2.29 bits per heavy atom. The molecule has 2 N–H and O–H groups in total. The molecule has 2 aromatic rings. The lowest BCUT2D eigenvalue weighted by molar-refractivity contribution is 0.0696. The van der Waals surface area contributed by atoms with Gasteiger partial charge in [0.15, 0.2) is 0 Å². The number of hydrogen-bond acceptors (Lipinski definition) is 3. The summed E-state index contributed by atoms with van der Waals surface area (Å²) in [5.41, 5.74) is -0.823. The first kappa shape index (κ1) is 15.0. The van der Waals surface area contributed by atoms with Gasteiger partial charge in [-0.3, -0.25) is 4.79 Å². The van der Waals surface area contributed by atoms with Crippen LogP contribution in [0.1, 0.15) is 20.7 Å². The molecule has 21 heavy (non-hydrogen) atoms. The van der Waals surface area contributed by atoms with Gasteiger partial charge in [0.25, 0.3) is 5.91 Å². The summed E-state index contributed by atoms with van der Waals surface area (Å²) in [4.78, 5) is 26.1. The lowest BCUT2D eigenvalue weighted by Crippen LogP contribution is -2.17. The molecule has 0 saturated carbocycles. The van der Waals surface area contributed by atoms with Crippen molar-refractivity contribution in [3.63, 3.8) is 0 Å². The van der Waals surface area contributed by atoms with Gasteiger partial charge < -0.3 is 10.4 Å². The Morgan fingerprint density at radius 1 is 1.19 bits per heavy atom. The van der Waals surface area contributed by atoms with Crippen LogP contribution in [0.4, 0.5) is 14.6 Å². The number of pyridine rings is 1. The Morgan fingerprint density at radius 2 is 1.81 bits per heavy atom. The molecule has 2 rings (SSSR count). The highest BCUT2D eigenvalue weighted by molar-refractivity contribution is 9.10. The number of nitrogens with zero attached hydrogens (tertiary/aromatic N) is 1. The van der Waals surface area contributed by atoms with Gasteiger partial charge in [0, 0.05) is 10.7 Å². The number of aromatic carboxylic acids is 1. The van der Waals surface area contributed by atoms with Crippen LogP contribution < -0.4 is 5.32 Å². The summed E-state index contributed by atoms with van der Waals surface area (Å²) >= 11 is 2.90. The molecule has 1 aromatic carbocycles. The van der Waals surface area contributed by atoms with Crippen LogP contribution in [0.15, 0.2) is 34.9 Å². The molecule has 108 valence electrons. The molecule has 0 saturated heterocycles. The third-order valence-corrected chi connectivity index (χ3v) is 2.94. The molecule has 8 heteroatoms. The highest BCUT2D eigenvalue weighted by atomic mass is 79.9. The predicted molar refractivity (Wildman–Crippen MR) is 73.2 cm³/mol. The molecule has 0 fully saturated rings. The number of nitrogens with one attached hydrogen (secondary N) is 1. The molecule has 0 bridgehead atoms. The van der Waals surface area contributed by atoms with E-state index in [4.69, 9.17) is 5.11 Å². The van der Waals surface area contributed by atoms with E-state index in [1.54, 1.807) is 0 Å². The Balaban J connectivity index is 2.24. The van der Waals surface area contributed by atoms with Crippen molar-refractivity contribution in [3.8, 4) is 0 Å². The molecule has 0 spiro atoms. The monoisotopic (exact) mass is 356 g/mol. The molecule has 0 aliphatic heterocycles. The molecule has 0 radical (unpaired) electrons. The van der Waals surface area contributed by atoms with Crippen LogP contribution in [-0.2, 0) is 0 Å². The van der Waals surface area contributed by atoms with Gasteiger partial charge in [0.2, 0.25) is 0 Å². The summed E-state index contributed by atoms with van der Waals surface area (Å²) in [6.07, 6.45) is 1.02. The molecule has 0 aliphatic rings. The molecular formula is C13H7BrF2N2O3. The standard InChI is InChI=1S/C13H7BrF2N2O3/c14-7-3-8(15)11(9(16)4-7)12(19)18-10-2-1-6(5-17-10)13(20)21/h1-5H,(H,20,21)(H,17,18,19). The number of halogens is 3.